The SMILES string of the molecule is C=C(C)[C@@H]1C=C2[C@@H](C)CC[C@@H]2[C@H](C)CC1. The molecule has 0 amide bonds. The maximum atomic E-state index is 4.14. The largest absolute Gasteiger partial charge is 0.0995 e. The molecule has 2 aliphatic carbocycles. The molecule has 2 rings (SSSR count). The number of allylic oxidation sites excluding steroid dienone is 3. The summed E-state index contributed by atoms with van der Waals surface area (Å²) in [6.07, 6.45) is 8.10. The highest BCUT2D eigenvalue weighted by Gasteiger charge is 2.33. The van der Waals surface area contributed by atoms with Crippen molar-refractivity contribution in [3.63, 3.8) is 0 Å². The quantitative estimate of drug-likeness (QED) is 0.548. The van der Waals surface area contributed by atoms with E-state index in [-0.39, 0.29) is 0 Å². The second-order valence-electron chi connectivity index (χ2n) is 5.76. The Kier molecular flexibility index (Phi) is 3.04. The molecule has 0 spiro atoms. The van der Waals surface area contributed by atoms with Gasteiger partial charge in [-0.05, 0) is 56.3 Å². The topological polar surface area (TPSA) is 0 Å². The van der Waals surface area contributed by atoms with Crippen molar-refractivity contribution in [2.45, 2.75) is 46.5 Å². The fourth-order valence-corrected chi connectivity index (χ4v) is 3.38. The first kappa shape index (κ1) is 11.0. The van der Waals surface area contributed by atoms with Crippen molar-refractivity contribution in [1.82, 2.24) is 0 Å². The standard InChI is InChI=1S/C15H24/c1-10(2)13-7-5-11(3)14-8-6-12(4)15(14)9-13/h9,11-14H,1,5-8H2,2-4H3/t11-,12+,13+,14-/m1/s1. The number of hydrogen-bond acceptors (Lipinski definition) is 0. The van der Waals surface area contributed by atoms with Crippen LogP contribution in [-0.4, -0.2) is 0 Å². The van der Waals surface area contributed by atoms with Crippen molar-refractivity contribution in [3.05, 3.63) is 23.8 Å². The predicted molar refractivity (Wildman–Crippen MR) is 66.7 cm³/mol. The van der Waals surface area contributed by atoms with E-state index in [4.69, 9.17) is 0 Å². The highest BCUT2D eigenvalue weighted by atomic mass is 14.4. The molecule has 0 nitrogen and oxygen atoms in total. The average molecular weight is 204 g/mol. The summed E-state index contributed by atoms with van der Waals surface area (Å²) >= 11 is 0. The van der Waals surface area contributed by atoms with Gasteiger partial charge >= 0.3 is 0 Å². The van der Waals surface area contributed by atoms with E-state index in [1.165, 1.54) is 31.3 Å². The summed E-state index contributed by atoms with van der Waals surface area (Å²) in [5.41, 5.74) is 3.11. The molecule has 4 atom stereocenters. The number of rotatable bonds is 1. The molecule has 0 radical (unpaired) electrons. The molecule has 0 unspecified atom stereocenters. The molecule has 0 aromatic heterocycles. The van der Waals surface area contributed by atoms with E-state index >= 15 is 0 Å². The van der Waals surface area contributed by atoms with E-state index in [1.54, 1.807) is 5.57 Å². The Balaban J connectivity index is 2.27. The lowest BCUT2D eigenvalue weighted by Gasteiger charge is -2.18. The van der Waals surface area contributed by atoms with Crippen molar-refractivity contribution in [1.29, 1.82) is 0 Å². The van der Waals surface area contributed by atoms with Gasteiger partial charge in [0.2, 0.25) is 0 Å². The van der Waals surface area contributed by atoms with E-state index in [0.717, 1.165) is 17.8 Å². The van der Waals surface area contributed by atoms with Crippen LogP contribution < -0.4 is 0 Å². The number of hydrogen-bond donors (Lipinski definition) is 0. The zero-order valence-corrected chi connectivity index (χ0v) is 10.4. The normalized spacial score (nSPS) is 40.6. The van der Waals surface area contributed by atoms with Crippen molar-refractivity contribution >= 4 is 0 Å². The van der Waals surface area contributed by atoms with Crippen LogP contribution in [0.1, 0.15) is 46.5 Å². The van der Waals surface area contributed by atoms with E-state index in [1.807, 2.05) is 0 Å². The lowest BCUT2D eigenvalue weighted by atomic mass is 9.87. The monoisotopic (exact) mass is 204 g/mol. The highest BCUT2D eigenvalue weighted by Crippen LogP contribution is 2.45. The maximum Gasteiger partial charge on any atom is -0.00257 e. The average Bonchev–Trinajstić information content (AvgIpc) is 2.43. The third kappa shape index (κ3) is 2.04. The van der Waals surface area contributed by atoms with Gasteiger partial charge in [0.25, 0.3) is 0 Å². The van der Waals surface area contributed by atoms with Crippen LogP contribution in [-0.2, 0) is 0 Å². The van der Waals surface area contributed by atoms with E-state index < -0.39 is 0 Å². The predicted octanol–water partition coefficient (Wildman–Crippen LogP) is 4.58. The van der Waals surface area contributed by atoms with Crippen LogP contribution >= 0.6 is 0 Å². The Hall–Kier alpha value is -0.520. The summed E-state index contributed by atoms with van der Waals surface area (Å²) in [6.45, 7) is 11.2. The third-order valence-corrected chi connectivity index (χ3v) is 4.55. The van der Waals surface area contributed by atoms with Crippen LogP contribution in [0.25, 0.3) is 0 Å². The molecule has 0 heteroatoms. The molecule has 1 saturated carbocycles. The number of fused-ring (bicyclic) bond motifs is 1. The van der Waals surface area contributed by atoms with Crippen molar-refractivity contribution < 1.29 is 0 Å². The first-order valence-electron chi connectivity index (χ1n) is 6.46. The van der Waals surface area contributed by atoms with Crippen LogP contribution in [0.4, 0.5) is 0 Å². The van der Waals surface area contributed by atoms with Crippen molar-refractivity contribution in [2.24, 2.45) is 23.7 Å². The minimum absolute atomic E-state index is 0.660. The molecule has 0 N–H and O–H groups in total. The van der Waals surface area contributed by atoms with Gasteiger partial charge in [-0.2, -0.15) is 0 Å². The fraction of sp³-hybridized carbons (Fsp3) is 0.733. The van der Waals surface area contributed by atoms with Gasteiger partial charge in [-0.3, -0.25) is 0 Å². The second kappa shape index (κ2) is 4.15. The van der Waals surface area contributed by atoms with Gasteiger partial charge in [0.1, 0.15) is 0 Å². The first-order chi connectivity index (χ1) is 7.09. The van der Waals surface area contributed by atoms with Crippen LogP contribution in [0.15, 0.2) is 23.8 Å². The smallest absolute Gasteiger partial charge is 0.00257 e. The Morgan fingerprint density at radius 2 is 1.93 bits per heavy atom. The fourth-order valence-electron chi connectivity index (χ4n) is 3.38. The Morgan fingerprint density at radius 1 is 1.20 bits per heavy atom. The van der Waals surface area contributed by atoms with Gasteiger partial charge in [-0.1, -0.05) is 37.6 Å². The molecular weight excluding hydrogens is 180 g/mol. The van der Waals surface area contributed by atoms with Crippen LogP contribution in [0.3, 0.4) is 0 Å². The summed E-state index contributed by atoms with van der Waals surface area (Å²) in [6, 6.07) is 0. The Bertz CT molecular complexity index is 284. The maximum absolute atomic E-state index is 4.14. The second-order valence-corrected chi connectivity index (χ2v) is 5.76. The molecule has 0 aromatic carbocycles. The van der Waals surface area contributed by atoms with Gasteiger partial charge in [-0.15, -0.1) is 0 Å². The molecule has 0 aliphatic heterocycles. The van der Waals surface area contributed by atoms with E-state index in [0.29, 0.717) is 5.92 Å². The molecule has 1 fully saturated rings. The lowest BCUT2D eigenvalue weighted by Crippen LogP contribution is -2.09. The van der Waals surface area contributed by atoms with Crippen LogP contribution in [0, 0.1) is 23.7 Å². The first-order valence-corrected chi connectivity index (χ1v) is 6.46. The van der Waals surface area contributed by atoms with Gasteiger partial charge in [-0.25, -0.2) is 0 Å². The van der Waals surface area contributed by atoms with E-state index in [2.05, 4.69) is 33.4 Å². The van der Waals surface area contributed by atoms with Gasteiger partial charge < -0.3 is 0 Å². The van der Waals surface area contributed by atoms with Crippen LogP contribution in [0.5, 0.6) is 0 Å². The summed E-state index contributed by atoms with van der Waals surface area (Å²) < 4.78 is 0. The summed E-state index contributed by atoms with van der Waals surface area (Å²) in [5, 5.41) is 0. The molecule has 0 heterocycles. The van der Waals surface area contributed by atoms with Gasteiger partial charge in [0.05, 0.1) is 0 Å². The molecule has 0 bridgehead atoms. The molecular formula is C15H24. The van der Waals surface area contributed by atoms with Crippen molar-refractivity contribution in [3.8, 4) is 0 Å². The zero-order valence-electron chi connectivity index (χ0n) is 10.4. The van der Waals surface area contributed by atoms with Gasteiger partial charge in [0, 0.05) is 0 Å². The van der Waals surface area contributed by atoms with Crippen LogP contribution in [0.2, 0.25) is 0 Å². The molecule has 2 aliphatic rings. The van der Waals surface area contributed by atoms with E-state index in [9.17, 15) is 0 Å². The molecule has 84 valence electrons. The molecule has 0 saturated heterocycles. The Morgan fingerprint density at radius 3 is 2.60 bits per heavy atom. The van der Waals surface area contributed by atoms with Gasteiger partial charge in [0.15, 0.2) is 0 Å². The summed E-state index contributed by atoms with van der Waals surface area (Å²) in [5.74, 6) is 3.28. The summed E-state index contributed by atoms with van der Waals surface area (Å²) in [4.78, 5) is 0. The minimum Gasteiger partial charge on any atom is -0.0995 e. The highest BCUT2D eigenvalue weighted by molar-refractivity contribution is 5.22. The summed E-state index contributed by atoms with van der Waals surface area (Å²) in [7, 11) is 0. The lowest BCUT2D eigenvalue weighted by molar-refractivity contribution is 0.384. The molecule has 15 heavy (non-hydrogen) atoms. The van der Waals surface area contributed by atoms with Crippen molar-refractivity contribution in [2.75, 3.05) is 0 Å². The molecule has 0 aromatic rings. The third-order valence-electron chi connectivity index (χ3n) is 4.55. The Labute approximate surface area is 94.5 Å². The zero-order chi connectivity index (χ0) is 11.0. The minimum atomic E-state index is 0.660.